The van der Waals surface area contributed by atoms with Crippen LogP contribution >= 0.6 is 0 Å². The van der Waals surface area contributed by atoms with Gasteiger partial charge >= 0.3 is 0 Å². The number of hydrogen-bond donors (Lipinski definition) is 0. The molecule has 0 amide bonds. The molecule has 0 saturated carbocycles. The Labute approximate surface area is 177 Å². The second-order valence-electron chi connectivity index (χ2n) is 8.52. The van der Waals surface area contributed by atoms with Gasteiger partial charge in [0.25, 0.3) is 0 Å². The lowest BCUT2D eigenvalue weighted by Crippen LogP contribution is -2.28. The lowest BCUT2D eigenvalue weighted by molar-refractivity contribution is 0.415. The van der Waals surface area contributed by atoms with Crippen LogP contribution in [0.4, 0.5) is 0 Å². The molecule has 150 valence electrons. The average Bonchev–Trinajstić information content (AvgIpc) is 3.46. The molecule has 2 aliphatic rings. The van der Waals surface area contributed by atoms with Crippen LogP contribution in [0.15, 0.2) is 97.7 Å². The van der Waals surface area contributed by atoms with Crippen molar-refractivity contribution in [1.29, 1.82) is 0 Å². The number of benzene rings is 1. The molecule has 5 rings (SSSR count). The van der Waals surface area contributed by atoms with Gasteiger partial charge < -0.3 is 9.13 Å². The van der Waals surface area contributed by atoms with Gasteiger partial charge in [-0.25, -0.2) is 9.97 Å². The van der Waals surface area contributed by atoms with Crippen LogP contribution in [-0.2, 0) is 11.1 Å². The van der Waals surface area contributed by atoms with E-state index in [1.807, 2.05) is 12.4 Å². The summed E-state index contributed by atoms with van der Waals surface area (Å²) in [6.07, 6.45) is 27.2. The van der Waals surface area contributed by atoms with E-state index in [2.05, 4.69) is 108 Å². The van der Waals surface area contributed by atoms with Crippen molar-refractivity contribution < 1.29 is 0 Å². The van der Waals surface area contributed by atoms with E-state index in [-0.39, 0.29) is 11.1 Å². The van der Waals surface area contributed by atoms with Crippen molar-refractivity contribution in [2.75, 3.05) is 0 Å². The molecule has 1 aromatic carbocycles. The predicted molar refractivity (Wildman–Crippen MR) is 122 cm³/mol. The molecule has 2 atom stereocenters. The molecule has 0 saturated heterocycles. The standard InChI is InChI=1S/C26H26N4/c1-25(12-5-3-6-13-25)29-18-16-27-23(29)21-10-9-11-22(20-21)24-28-17-19-30(24)26(2)14-7-4-8-15-26/h3-12,14,16-20H,13,15H2,1-2H3. The molecule has 0 aliphatic heterocycles. The van der Waals surface area contributed by atoms with Gasteiger partial charge in [-0.15, -0.1) is 0 Å². The van der Waals surface area contributed by atoms with Crippen LogP contribution in [0, 0.1) is 0 Å². The molecule has 4 nitrogen and oxygen atoms in total. The lowest BCUT2D eigenvalue weighted by Gasteiger charge is -2.31. The van der Waals surface area contributed by atoms with Gasteiger partial charge in [0, 0.05) is 35.9 Å². The first-order valence-corrected chi connectivity index (χ1v) is 10.5. The Morgan fingerprint density at radius 3 is 1.67 bits per heavy atom. The quantitative estimate of drug-likeness (QED) is 0.554. The van der Waals surface area contributed by atoms with Crippen LogP contribution in [0.3, 0.4) is 0 Å². The highest BCUT2D eigenvalue weighted by molar-refractivity contribution is 5.67. The minimum absolute atomic E-state index is 0.109. The topological polar surface area (TPSA) is 35.6 Å². The van der Waals surface area contributed by atoms with Crippen molar-refractivity contribution in [3.8, 4) is 22.8 Å². The number of imidazole rings is 2. The first-order valence-electron chi connectivity index (χ1n) is 10.5. The Kier molecular flexibility index (Phi) is 4.43. The predicted octanol–water partition coefficient (Wildman–Crippen LogP) is 5.88. The summed E-state index contributed by atoms with van der Waals surface area (Å²) in [5.41, 5.74) is 1.98. The molecule has 2 unspecified atom stereocenters. The Hall–Kier alpha value is -3.40. The zero-order chi connectivity index (χ0) is 20.6. The first-order chi connectivity index (χ1) is 14.6. The van der Waals surface area contributed by atoms with Crippen LogP contribution in [0.25, 0.3) is 22.8 Å². The van der Waals surface area contributed by atoms with Crippen molar-refractivity contribution in [3.63, 3.8) is 0 Å². The molecule has 3 aromatic rings. The molecular formula is C26H26N4. The molecule has 0 bridgehead atoms. The number of hydrogen-bond acceptors (Lipinski definition) is 2. The number of allylic oxidation sites excluding steroid dienone is 8. The third kappa shape index (κ3) is 3.09. The normalized spacial score (nSPS) is 25.1. The highest BCUT2D eigenvalue weighted by atomic mass is 15.1. The van der Waals surface area contributed by atoms with Gasteiger partial charge in [0.05, 0.1) is 11.1 Å². The maximum absolute atomic E-state index is 4.71. The van der Waals surface area contributed by atoms with Gasteiger partial charge in [0.1, 0.15) is 11.6 Å². The second kappa shape index (κ2) is 7.13. The number of nitrogens with zero attached hydrogens (tertiary/aromatic N) is 4. The third-order valence-corrected chi connectivity index (χ3v) is 6.23. The van der Waals surface area contributed by atoms with Crippen LogP contribution in [-0.4, -0.2) is 19.1 Å². The largest absolute Gasteiger partial charge is 0.321 e. The van der Waals surface area contributed by atoms with E-state index in [1.54, 1.807) is 0 Å². The number of aromatic nitrogens is 4. The third-order valence-electron chi connectivity index (χ3n) is 6.23. The Bertz CT molecular complexity index is 1100. The van der Waals surface area contributed by atoms with Crippen LogP contribution in [0.5, 0.6) is 0 Å². The summed E-state index contributed by atoms with van der Waals surface area (Å²) in [7, 11) is 0. The lowest BCUT2D eigenvalue weighted by atomic mass is 9.92. The van der Waals surface area contributed by atoms with Gasteiger partial charge in [-0.2, -0.15) is 0 Å². The minimum atomic E-state index is -0.109. The highest BCUT2D eigenvalue weighted by Gasteiger charge is 2.28. The van der Waals surface area contributed by atoms with E-state index < -0.39 is 0 Å². The van der Waals surface area contributed by atoms with Crippen molar-refractivity contribution in [2.24, 2.45) is 0 Å². The van der Waals surface area contributed by atoms with E-state index in [9.17, 15) is 0 Å². The van der Waals surface area contributed by atoms with Gasteiger partial charge in [-0.1, -0.05) is 66.8 Å². The van der Waals surface area contributed by atoms with Crippen molar-refractivity contribution in [1.82, 2.24) is 19.1 Å². The Morgan fingerprint density at radius 1 is 0.733 bits per heavy atom. The van der Waals surface area contributed by atoms with Crippen LogP contribution < -0.4 is 0 Å². The monoisotopic (exact) mass is 394 g/mol. The molecule has 4 heteroatoms. The smallest absolute Gasteiger partial charge is 0.140 e. The molecule has 0 spiro atoms. The van der Waals surface area contributed by atoms with E-state index >= 15 is 0 Å². The summed E-state index contributed by atoms with van der Waals surface area (Å²) < 4.78 is 4.54. The first kappa shape index (κ1) is 18.6. The Morgan fingerprint density at radius 2 is 1.23 bits per heavy atom. The SMILES string of the molecule is CC1(n2ccnc2-c2cccc(-c3nccn3C3(C)C=CC=CC3)c2)C=CC=CC1. The fourth-order valence-electron chi connectivity index (χ4n) is 4.45. The van der Waals surface area contributed by atoms with Crippen molar-refractivity contribution in [3.05, 3.63) is 97.7 Å². The number of rotatable bonds is 4. The molecule has 0 radical (unpaired) electrons. The minimum Gasteiger partial charge on any atom is -0.321 e. The maximum Gasteiger partial charge on any atom is 0.140 e. The summed E-state index contributed by atoms with van der Waals surface area (Å²) in [5, 5.41) is 0. The van der Waals surface area contributed by atoms with Crippen LogP contribution in [0.1, 0.15) is 26.7 Å². The van der Waals surface area contributed by atoms with Gasteiger partial charge in [0.2, 0.25) is 0 Å². The summed E-state index contributed by atoms with van der Waals surface area (Å²) in [6, 6.07) is 8.56. The van der Waals surface area contributed by atoms with Gasteiger partial charge in [0.15, 0.2) is 0 Å². The summed E-state index contributed by atoms with van der Waals surface area (Å²) in [4.78, 5) is 9.43. The highest BCUT2D eigenvalue weighted by Crippen LogP contribution is 2.34. The molecule has 0 N–H and O–H groups in total. The molecule has 2 aliphatic carbocycles. The fourth-order valence-corrected chi connectivity index (χ4v) is 4.45. The summed E-state index contributed by atoms with van der Waals surface area (Å²) in [5.74, 6) is 1.95. The summed E-state index contributed by atoms with van der Waals surface area (Å²) in [6.45, 7) is 4.50. The average molecular weight is 395 g/mol. The molecule has 0 fully saturated rings. The Balaban J connectivity index is 1.56. The van der Waals surface area contributed by atoms with E-state index in [0.29, 0.717) is 0 Å². The molecule has 30 heavy (non-hydrogen) atoms. The van der Waals surface area contributed by atoms with Gasteiger partial charge in [-0.05, 0) is 32.8 Å². The zero-order valence-corrected chi connectivity index (χ0v) is 17.4. The van der Waals surface area contributed by atoms with Gasteiger partial charge in [-0.3, -0.25) is 0 Å². The van der Waals surface area contributed by atoms with E-state index in [0.717, 1.165) is 35.6 Å². The fraction of sp³-hybridized carbons (Fsp3) is 0.231. The zero-order valence-electron chi connectivity index (χ0n) is 17.4. The second-order valence-corrected chi connectivity index (χ2v) is 8.52. The molecule has 2 heterocycles. The summed E-state index contributed by atoms with van der Waals surface area (Å²) >= 11 is 0. The van der Waals surface area contributed by atoms with Crippen molar-refractivity contribution in [2.45, 2.75) is 37.8 Å². The van der Waals surface area contributed by atoms with Crippen LogP contribution in [0.2, 0.25) is 0 Å². The van der Waals surface area contributed by atoms with E-state index in [4.69, 9.17) is 9.97 Å². The van der Waals surface area contributed by atoms with Crippen molar-refractivity contribution >= 4 is 0 Å². The molecular weight excluding hydrogens is 368 g/mol. The molecule has 2 aromatic heterocycles. The van der Waals surface area contributed by atoms with E-state index in [1.165, 1.54) is 0 Å². The maximum atomic E-state index is 4.71.